The maximum Gasteiger partial charge on any atom is 0.232 e. The Bertz CT molecular complexity index is 888. The molecule has 0 spiro atoms. The maximum absolute atomic E-state index is 13.2. The van der Waals surface area contributed by atoms with Gasteiger partial charge in [0, 0.05) is 15.5 Å². The Hall–Kier alpha value is -1.10. The van der Waals surface area contributed by atoms with Gasteiger partial charge in [0.1, 0.15) is 0 Å². The summed E-state index contributed by atoms with van der Waals surface area (Å²) in [7, 11) is 0. The van der Waals surface area contributed by atoms with Crippen molar-refractivity contribution in [3.8, 4) is 11.3 Å². The molecule has 6 heteroatoms. The summed E-state index contributed by atoms with van der Waals surface area (Å²) in [5, 5.41) is 5.02. The highest BCUT2D eigenvalue weighted by Gasteiger charge is 2.54. The molecule has 4 bridgehead atoms. The van der Waals surface area contributed by atoms with Crippen LogP contribution in [0, 0.1) is 30.1 Å². The number of amides is 1. The van der Waals surface area contributed by atoms with Crippen LogP contribution in [0.25, 0.3) is 11.3 Å². The van der Waals surface area contributed by atoms with E-state index in [1.807, 2.05) is 19.1 Å². The lowest BCUT2D eigenvalue weighted by molar-refractivity contribution is -0.140. The number of aromatic nitrogens is 1. The second-order valence-electron chi connectivity index (χ2n) is 8.70. The molecule has 0 atom stereocenters. The molecule has 4 aliphatic carbocycles. The van der Waals surface area contributed by atoms with Gasteiger partial charge in [-0.2, -0.15) is 0 Å². The third kappa shape index (κ3) is 3.10. The van der Waals surface area contributed by atoms with Gasteiger partial charge >= 0.3 is 0 Å². The van der Waals surface area contributed by atoms with Crippen molar-refractivity contribution in [2.24, 2.45) is 23.2 Å². The lowest BCUT2D eigenvalue weighted by atomic mass is 9.49. The summed E-state index contributed by atoms with van der Waals surface area (Å²) in [6.45, 7) is 2.01. The molecule has 0 unspecified atom stereocenters. The first-order valence-corrected chi connectivity index (χ1v) is 11.2. The number of carbonyl (C=O) groups is 1. The van der Waals surface area contributed by atoms with Crippen LogP contribution in [0.2, 0.25) is 10.0 Å². The van der Waals surface area contributed by atoms with E-state index >= 15 is 0 Å². The van der Waals surface area contributed by atoms with E-state index in [1.54, 1.807) is 6.07 Å². The second kappa shape index (κ2) is 6.47. The monoisotopic (exact) mass is 420 g/mol. The number of benzene rings is 1. The Morgan fingerprint density at radius 3 is 2.37 bits per heavy atom. The van der Waals surface area contributed by atoms with Crippen molar-refractivity contribution in [1.29, 1.82) is 0 Å². The predicted octanol–water partition coefficient (Wildman–Crippen LogP) is 6.58. The molecule has 4 saturated carbocycles. The standard InChI is InChI=1S/C21H22Cl2N2OS/c1-11-18(16-3-2-15(22)7-17(16)23)24-20(27-11)25-19(26)21-8-12-4-13(9-21)6-14(5-12)10-21/h2-3,7,12-14H,4-6,8-10H2,1H3,(H,24,25,26). The number of thiazole rings is 1. The van der Waals surface area contributed by atoms with Crippen LogP contribution in [-0.4, -0.2) is 10.9 Å². The van der Waals surface area contributed by atoms with E-state index in [1.165, 1.54) is 30.6 Å². The summed E-state index contributed by atoms with van der Waals surface area (Å²) >= 11 is 13.9. The van der Waals surface area contributed by atoms with Gasteiger partial charge in [-0.1, -0.05) is 23.2 Å². The largest absolute Gasteiger partial charge is 0.301 e. The molecule has 1 amide bonds. The third-order valence-electron chi connectivity index (χ3n) is 6.72. The van der Waals surface area contributed by atoms with E-state index in [4.69, 9.17) is 28.2 Å². The number of rotatable bonds is 3. The molecule has 1 aromatic heterocycles. The molecule has 0 aliphatic heterocycles. The van der Waals surface area contributed by atoms with Crippen LogP contribution in [0.5, 0.6) is 0 Å². The number of hydrogen-bond acceptors (Lipinski definition) is 3. The number of anilines is 1. The number of carbonyl (C=O) groups excluding carboxylic acids is 1. The summed E-state index contributed by atoms with van der Waals surface area (Å²) < 4.78 is 0. The van der Waals surface area contributed by atoms with Gasteiger partial charge in [0.05, 0.1) is 16.1 Å². The molecular formula is C21H22Cl2N2OS. The predicted molar refractivity (Wildman–Crippen MR) is 112 cm³/mol. The molecule has 1 aromatic carbocycles. The van der Waals surface area contributed by atoms with Crippen LogP contribution in [0.3, 0.4) is 0 Å². The molecule has 4 aliphatic rings. The molecule has 6 rings (SSSR count). The van der Waals surface area contributed by atoms with Crippen molar-refractivity contribution >= 4 is 45.6 Å². The Kier molecular flexibility index (Phi) is 4.30. The lowest BCUT2D eigenvalue weighted by Crippen LogP contribution is -2.51. The number of halogens is 2. The Morgan fingerprint density at radius 1 is 1.15 bits per heavy atom. The highest BCUT2D eigenvalue weighted by atomic mass is 35.5. The van der Waals surface area contributed by atoms with Crippen LogP contribution in [0.15, 0.2) is 18.2 Å². The molecule has 1 N–H and O–H groups in total. The van der Waals surface area contributed by atoms with Crippen molar-refractivity contribution in [3.63, 3.8) is 0 Å². The SMILES string of the molecule is Cc1sc(NC(=O)C23CC4CC(CC(C4)C2)C3)nc1-c1ccc(Cl)cc1Cl. The maximum atomic E-state index is 13.2. The fourth-order valence-corrected chi connectivity index (χ4v) is 7.32. The van der Waals surface area contributed by atoms with Crippen molar-refractivity contribution < 1.29 is 4.79 Å². The zero-order chi connectivity index (χ0) is 18.8. The van der Waals surface area contributed by atoms with E-state index < -0.39 is 0 Å². The van der Waals surface area contributed by atoms with Crippen molar-refractivity contribution in [1.82, 2.24) is 4.98 Å². The Balaban J connectivity index is 1.40. The molecule has 0 saturated heterocycles. The lowest BCUT2D eigenvalue weighted by Gasteiger charge is -2.55. The zero-order valence-electron chi connectivity index (χ0n) is 15.2. The first-order chi connectivity index (χ1) is 12.9. The number of nitrogens with zero attached hydrogens (tertiary/aromatic N) is 1. The molecule has 27 heavy (non-hydrogen) atoms. The summed E-state index contributed by atoms with van der Waals surface area (Å²) in [5.41, 5.74) is 1.51. The van der Waals surface area contributed by atoms with Crippen molar-refractivity contribution in [3.05, 3.63) is 33.1 Å². The van der Waals surface area contributed by atoms with Crippen molar-refractivity contribution in [2.75, 3.05) is 5.32 Å². The molecule has 1 heterocycles. The Labute approximate surface area is 173 Å². The van der Waals surface area contributed by atoms with Gasteiger partial charge in [0.15, 0.2) is 5.13 Å². The number of nitrogens with one attached hydrogen (secondary N) is 1. The number of aryl methyl sites for hydroxylation is 1. The van der Waals surface area contributed by atoms with Gasteiger partial charge < -0.3 is 5.32 Å². The minimum atomic E-state index is -0.160. The number of hydrogen-bond donors (Lipinski definition) is 1. The Morgan fingerprint density at radius 2 is 1.78 bits per heavy atom. The average Bonchev–Trinajstić information content (AvgIpc) is 2.93. The van der Waals surface area contributed by atoms with E-state index in [0.717, 1.165) is 53.2 Å². The van der Waals surface area contributed by atoms with Gasteiger partial charge in [-0.25, -0.2) is 4.98 Å². The summed E-state index contributed by atoms with van der Waals surface area (Å²) in [5.74, 6) is 2.44. The van der Waals surface area contributed by atoms with Gasteiger partial charge in [0.25, 0.3) is 0 Å². The normalized spacial score (nSPS) is 31.3. The van der Waals surface area contributed by atoms with E-state index in [-0.39, 0.29) is 11.3 Å². The smallest absolute Gasteiger partial charge is 0.232 e. The molecule has 4 fully saturated rings. The zero-order valence-corrected chi connectivity index (χ0v) is 17.6. The molecule has 142 valence electrons. The molecular weight excluding hydrogens is 399 g/mol. The van der Waals surface area contributed by atoms with Gasteiger partial charge in [-0.3, -0.25) is 4.79 Å². The minimum Gasteiger partial charge on any atom is -0.301 e. The summed E-state index contributed by atoms with van der Waals surface area (Å²) in [6.07, 6.45) is 7.19. The highest BCUT2D eigenvalue weighted by molar-refractivity contribution is 7.16. The summed E-state index contributed by atoms with van der Waals surface area (Å²) in [4.78, 5) is 19.0. The minimum absolute atomic E-state index is 0.160. The first-order valence-electron chi connectivity index (χ1n) is 9.66. The topological polar surface area (TPSA) is 42.0 Å². The summed E-state index contributed by atoms with van der Waals surface area (Å²) in [6, 6.07) is 5.43. The van der Waals surface area contributed by atoms with Crippen LogP contribution >= 0.6 is 34.5 Å². The molecule has 3 nitrogen and oxygen atoms in total. The molecule has 2 aromatic rings. The fraction of sp³-hybridized carbons (Fsp3) is 0.524. The van der Waals surface area contributed by atoms with E-state index in [2.05, 4.69) is 5.32 Å². The van der Waals surface area contributed by atoms with Crippen LogP contribution < -0.4 is 5.32 Å². The van der Waals surface area contributed by atoms with E-state index in [9.17, 15) is 4.79 Å². The average molecular weight is 421 g/mol. The van der Waals surface area contributed by atoms with Gasteiger partial charge in [-0.15, -0.1) is 11.3 Å². The highest BCUT2D eigenvalue weighted by Crippen LogP contribution is 2.60. The fourth-order valence-electron chi connectivity index (χ4n) is 6.00. The van der Waals surface area contributed by atoms with Crippen LogP contribution in [0.4, 0.5) is 5.13 Å². The van der Waals surface area contributed by atoms with Crippen LogP contribution in [0.1, 0.15) is 43.4 Å². The first kappa shape index (κ1) is 18.0. The second-order valence-corrected chi connectivity index (χ2v) is 10.7. The van der Waals surface area contributed by atoms with Gasteiger partial charge in [-0.05, 0) is 81.4 Å². The van der Waals surface area contributed by atoms with Gasteiger partial charge in [0.2, 0.25) is 5.91 Å². The van der Waals surface area contributed by atoms with Crippen molar-refractivity contribution in [2.45, 2.75) is 45.4 Å². The van der Waals surface area contributed by atoms with E-state index in [0.29, 0.717) is 15.2 Å². The molecule has 0 radical (unpaired) electrons. The third-order valence-corrected chi connectivity index (χ3v) is 8.16. The van der Waals surface area contributed by atoms with Crippen LogP contribution in [-0.2, 0) is 4.79 Å². The quantitative estimate of drug-likeness (QED) is 0.608.